The molecule has 0 aromatic heterocycles. The lowest BCUT2D eigenvalue weighted by atomic mass is 9.90. The van der Waals surface area contributed by atoms with Gasteiger partial charge in [-0.3, -0.25) is 5.32 Å². The molecule has 0 spiro atoms. The molecule has 0 radical (unpaired) electrons. The maximum Gasteiger partial charge on any atom is 0.215 e. The van der Waals surface area contributed by atoms with Gasteiger partial charge in [0.1, 0.15) is 0 Å². The van der Waals surface area contributed by atoms with Gasteiger partial charge < -0.3 is 5.32 Å². The maximum absolute atomic E-state index is 12.7. The van der Waals surface area contributed by atoms with E-state index in [2.05, 4.69) is 10.6 Å². The highest BCUT2D eigenvalue weighted by Crippen LogP contribution is 2.30. The SMILES string of the molecule is C[C@@]1(CS(=O)(=O)N2CCC(c3ccc(Cl)cc3)CC2)CNCN1. The number of nitrogens with zero attached hydrogens (tertiary/aromatic N) is 1. The first-order valence-electron chi connectivity index (χ1n) is 8.07. The third-order valence-corrected chi connectivity index (χ3v) is 7.25. The third-order valence-electron chi connectivity index (χ3n) is 4.85. The molecule has 2 aliphatic rings. The highest BCUT2D eigenvalue weighted by atomic mass is 35.5. The van der Waals surface area contributed by atoms with Crippen LogP contribution in [0.15, 0.2) is 24.3 Å². The molecule has 0 aliphatic carbocycles. The monoisotopic (exact) mass is 357 g/mol. The zero-order valence-electron chi connectivity index (χ0n) is 13.4. The number of benzene rings is 1. The second-order valence-electron chi connectivity index (χ2n) is 6.82. The molecule has 2 fully saturated rings. The Kier molecular flexibility index (Phi) is 4.99. The van der Waals surface area contributed by atoms with Gasteiger partial charge in [-0.1, -0.05) is 23.7 Å². The van der Waals surface area contributed by atoms with Gasteiger partial charge in [0.25, 0.3) is 0 Å². The van der Waals surface area contributed by atoms with Crippen molar-refractivity contribution in [2.75, 3.05) is 32.1 Å². The zero-order valence-corrected chi connectivity index (χ0v) is 15.0. The van der Waals surface area contributed by atoms with E-state index in [1.54, 1.807) is 4.31 Å². The molecule has 7 heteroatoms. The van der Waals surface area contributed by atoms with Crippen molar-refractivity contribution < 1.29 is 8.42 Å². The van der Waals surface area contributed by atoms with Gasteiger partial charge >= 0.3 is 0 Å². The van der Waals surface area contributed by atoms with E-state index in [1.807, 2.05) is 31.2 Å². The molecule has 2 saturated heterocycles. The fourth-order valence-electron chi connectivity index (χ4n) is 3.47. The molecule has 1 aromatic carbocycles. The van der Waals surface area contributed by atoms with Crippen LogP contribution in [0.1, 0.15) is 31.2 Å². The van der Waals surface area contributed by atoms with Gasteiger partial charge in [0, 0.05) is 36.9 Å². The van der Waals surface area contributed by atoms with Gasteiger partial charge in [0.15, 0.2) is 0 Å². The molecule has 23 heavy (non-hydrogen) atoms. The predicted octanol–water partition coefficient (Wildman–Crippen LogP) is 1.76. The summed E-state index contributed by atoms with van der Waals surface area (Å²) in [5.41, 5.74) is 0.881. The average molecular weight is 358 g/mol. The lowest BCUT2D eigenvalue weighted by Gasteiger charge is -2.34. The Balaban J connectivity index is 1.60. The lowest BCUT2D eigenvalue weighted by Crippen LogP contribution is -2.50. The fraction of sp³-hybridized carbons (Fsp3) is 0.625. The van der Waals surface area contributed by atoms with Crippen LogP contribution in [0.3, 0.4) is 0 Å². The Morgan fingerprint density at radius 3 is 2.48 bits per heavy atom. The molecule has 0 amide bonds. The topological polar surface area (TPSA) is 61.4 Å². The molecule has 5 nitrogen and oxygen atoms in total. The van der Waals surface area contributed by atoms with E-state index < -0.39 is 10.0 Å². The van der Waals surface area contributed by atoms with Crippen LogP contribution in [0.25, 0.3) is 0 Å². The predicted molar refractivity (Wildman–Crippen MR) is 93.2 cm³/mol. The van der Waals surface area contributed by atoms with Crippen LogP contribution in [0.2, 0.25) is 5.02 Å². The molecule has 0 saturated carbocycles. The summed E-state index contributed by atoms with van der Waals surface area (Å²) in [6.07, 6.45) is 1.73. The number of nitrogens with one attached hydrogen (secondary N) is 2. The average Bonchev–Trinajstić information content (AvgIpc) is 2.93. The standard InChI is InChI=1S/C16H24ClN3O2S/c1-16(10-18-12-19-16)11-23(21,22)20-8-6-14(7-9-20)13-2-4-15(17)5-3-13/h2-5,14,18-19H,6-12H2,1H3/t16-/m0/s1. The van der Waals surface area contributed by atoms with Gasteiger partial charge in [0.05, 0.1) is 5.75 Å². The van der Waals surface area contributed by atoms with Crippen molar-refractivity contribution in [2.45, 2.75) is 31.2 Å². The highest BCUT2D eigenvalue weighted by Gasteiger charge is 2.37. The minimum atomic E-state index is -3.23. The molecular weight excluding hydrogens is 334 g/mol. The van der Waals surface area contributed by atoms with Crippen molar-refractivity contribution in [1.29, 1.82) is 0 Å². The van der Waals surface area contributed by atoms with E-state index in [1.165, 1.54) is 5.56 Å². The molecule has 2 aliphatic heterocycles. The number of hydrogen-bond donors (Lipinski definition) is 2. The summed E-state index contributed by atoms with van der Waals surface area (Å²) >= 11 is 5.93. The maximum atomic E-state index is 12.7. The molecule has 2 N–H and O–H groups in total. The molecular formula is C16H24ClN3O2S. The number of hydrogen-bond acceptors (Lipinski definition) is 4. The van der Waals surface area contributed by atoms with E-state index in [4.69, 9.17) is 11.6 Å². The summed E-state index contributed by atoms with van der Waals surface area (Å²) in [6.45, 7) is 4.52. The summed E-state index contributed by atoms with van der Waals surface area (Å²) in [7, 11) is -3.23. The highest BCUT2D eigenvalue weighted by molar-refractivity contribution is 7.89. The lowest BCUT2D eigenvalue weighted by molar-refractivity contribution is 0.315. The smallest absolute Gasteiger partial charge is 0.215 e. The zero-order chi connectivity index (χ0) is 16.5. The van der Waals surface area contributed by atoms with E-state index in [-0.39, 0.29) is 11.3 Å². The molecule has 1 aromatic rings. The summed E-state index contributed by atoms with van der Waals surface area (Å²) < 4.78 is 27.0. The summed E-state index contributed by atoms with van der Waals surface area (Å²) in [5, 5.41) is 7.14. The first-order chi connectivity index (χ1) is 10.9. The Bertz CT molecular complexity index is 634. The van der Waals surface area contributed by atoms with Crippen molar-refractivity contribution in [3.8, 4) is 0 Å². The number of halogens is 1. The Hall–Kier alpha value is -0.660. The number of rotatable bonds is 4. The first kappa shape index (κ1) is 17.2. The largest absolute Gasteiger partial charge is 0.303 e. The van der Waals surface area contributed by atoms with E-state index >= 15 is 0 Å². The first-order valence-corrected chi connectivity index (χ1v) is 10.1. The second-order valence-corrected chi connectivity index (χ2v) is 9.23. The van der Waals surface area contributed by atoms with Crippen LogP contribution in [0.5, 0.6) is 0 Å². The quantitative estimate of drug-likeness (QED) is 0.862. The molecule has 1 atom stereocenters. The molecule has 128 valence electrons. The van der Waals surface area contributed by atoms with Crippen LogP contribution in [0, 0.1) is 0 Å². The van der Waals surface area contributed by atoms with Gasteiger partial charge in [-0.2, -0.15) is 0 Å². The van der Waals surface area contributed by atoms with Crippen molar-refractivity contribution in [3.05, 3.63) is 34.9 Å². The summed E-state index contributed by atoms with van der Waals surface area (Å²) in [5.74, 6) is 0.569. The van der Waals surface area contributed by atoms with Crippen molar-refractivity contribution in [1.82, 2.24) is 14.9 Å². The number of piperidine rings is 1. The van der Waals surface area contributed by atoms with E-state index in [0.717, 1.165) is 17.9 Å². The Morgan fingerprint density at radius 1 is 1.26 bits per heavy atom. The second kappa shape index (κ2) is 6.69. The molecule has 2 heterocycles. The minimum Gasteiger partial charge on any atom is -0.303 e. The normalized spacial score (nSPS) is 27.4. The van der Waals surface area contributed by atoms with E-state index in [0.29, 0.717) is 32.2 Å². The third kappa shape index (κ3) is 4.06. The summed E-state index contributed by atoms with van der Waals surface area (Å²) in [4.78, 5) is 0. The van der Waals surface area contributed by atoms with Crippen LogP contribution < -0.4 is 10.6 Å². The molecule has 0 unspecified atom stereocenters. The molecule has 0 bridgehead atoms. The van der Waals surface area contributed by atoms with Crippen LogP contribution in [-0.4, -0.2) is 50.3 Å². The van der Waals surface area contributed by atoms with Gasteiger partial charge in [-0.15, -0.1) is 0 Å². The van der Waals surface area contributed by atoms with Crippen molar-refractivity contribution in [3.63, 3.8) is 0 Å². The van der Waals surface area contributed by atoms with Crippen LogP contribution >= 0.6 is 11.6 Å². The van der Waals surface area contributed by atoms with Crippen molar-refractivity contribution in [2.24, 2.45) is 0 Å². The Labute approximate surface area is 143 Å². The molecule has 3 rings (SSSR count). The van der Waals surface area contributed by atoms with E-state index in [9.17, 15) is 8.42 Å². The van der Waals surface area contributed by atoms with Gasteiger partial charge in [-0.25, -0.2) is 12.7 Å². The van der Waals surface area contributed by atoms with Crippen molar-refractivity contribution >= 4 is 21.6 Å². The summed E-state index contributed by atoms with van der Waals surface area (Å²) in [6, 6.07) is 7.90. The Morgan fingerprint density at radius 2 is 1.91 bits per heavy atom. The van der Waals surface area contributed by atoms with Gasteiger partial charge in [-0.05, 0) is 43.4 Å². The van der Waals surface area contributed by atoms with Crippen LogP contribution in [-0.2, 0) is 10.0 Å². The van der Waals surface area contributed by atoms with Crippen LogP contribution in [0.4, 0.5) is 0 Å². The number of sulfonamides is 1. The fourth-order valence-corrected chi connectivity index (χ4v) is 5.56. The van der Waals surface area contributed by atoms with Gasteiger partial charge in [0.2, 0.25) is 10.0 Å². The minimum absolute atomic E-state index is 0.151.